The van der Waals surface area contributed by atoms with Crippen LogP contribution in [0.1, 0.15) is 38.5 Å². The average molecular weight is 283 g/mol. The molecule has 1 fully saturated rings. The van der Waals surface area contributed by atoms with E-state index in [0.717, 1.165) is 29.3 Å². The Kier molecular flexibility index (Phi) is 4.34. The van der Waals surface area contributed by atoms with Crippen LogP contribution in [0.3, 0.4) is 0 Å². The van der Waals surface area contributed by atoms with E-state index in [9.17, 15) is 4.79 Å². The molecule has 4 heteroatoms. The fraction of sp³-hybridized carbons (Fsp3) is 0.412. The van der Waals surface area contributed by atoms with Crippen LogP contribution in [-0.4, -0.2) is 16.1 Å². The maximum absolute atomic E-state index is 12.0. The van der Waals surface area contributed by atoms with Crippen molar-refractivity contribution >= 4 is 11.6 Å². The fourth-order valence-electron chi connectivity index (χ4n) is 3.04. The number of hydrogen-bond donors (Lipinski definition) is 2. The van der Waals surface area contributed by atoms with Crippen molar-refractivity contribution in [2.75, 3.05) is 5.32 Å². The van der Waals surface area contributed by atoms with E-state index in [-0.39, 0.29) is 5.91 Å². The molecule has 0 bridgehead atoms. The number of rotatable bonds is 5. The minimum absolute atomic E-state index is 0.115. The van der Waals surface area contributed by atoms with Crippen molar-refractivity contribution in [1.29, 1.82) is 0 Å². The highest BCUT2D eigenvalue weighted by Crippen LogP contribution is 2.28. The van der Waals surface area contributed by atoms with Crippen LogP contribution < -0.4 is 5.32 Å². The molecule has 1 aliphatic carbocycles. The topological polar surface area (TPSA) is 57.8 Å². The lowest BCUT2D eigenvalue weighted by Crippen LogP contribution is -2.12. The molecule has 1 amide bonds. The van der Waals surface area contributed by atoms with E-state index in [1.165, 1.54) is 25.7 Å². The Labute approximate surface area is 125 Å². The molecule has 0 radical (unpaired) electrons. The molecule has 0 atom stereocenters. The minimum atomic E-state index is 0.115. The lowest BCUT2D eigenvalue weighted by atomic mass is 10.0. The Morgan fingerprint density at radius 2 is 2.14 bits per heavy atom. The monoisotopic (exact) mass is 283 g/mol. The molecule has 1 aromatic heterocycles. The van der Waals surface area contributed by atoms with Crippen LogP contribution in [0.2, 0.25) is 0 Å². The van der Waals surface area contributed by atoms with E-state index in [0.29, 0.717) is 6.42 Å². The lowest BCUT2D eigenvalue weighted by Gasteiger charge is -2.10. The molecule has 110 valence electrons. The highest BCUT2D eigenvalue weighted by Gasteiger charge is 2.16. The Morgan fingerprint density at radius 3 is 2.90 bits per heavy atom. The normalized spacial score (nSPS) is 15.2. The summed E-state index contributed by atoms with van der Waals surface area (Å²) >= 11 is 0. The van der Waals surface area contributed by atoms with Gasteiger partial charge in [0.1, 0.15) is 0 Å². The molecule has 1 aliphatic rings. The maximum atomic E-state index is 12.0. The summed E-state index contributed by atoms with van der Waals surface area (Å²) in [6, 6.07) is 9.76. The molecule has 2 N–H and O–H groups in total. The van der Waals surface area contributed by atoms with Gasteiger partial charge in [-0.3, -0.25) is 9.89 Å². The quantitative estimate of drug-likeness (QED) is 0.871. The first kappa shape index (κ1) is 13.9. The van der Waals surface area contributed by atoms with Crippen molar-refractivity contribution in [3.05, 3.63) is 36.5 Å². The average Bonchev–Trinajstić information content (AvgIpc) is 3.19. The number of carbonyl (C=O) groups is 1. The molecule has 1 heterocycles. The maximum Gasteiger partial charge on any atom is 0.224 e. The Balaban J connectivity index is 1.56. The van der Waals surface area contributed by atoms with Crippen molar-refractivity contribution in [1.82, 2.24) is 10.2 Å². The Morgan fingerprint density at radius 1 is 1.29 bits per heavy atom. The summed E-state index contributed by atoms with van der Waals surface area (Å²) in [4.78, 5) is 12.0. The van der Waals surface area contributed by atoms with E-state index in [1.54, 1.807) is 6.20 Å². The van der Waals surface area contributed by atoms with Gasteiger partial charge in [0.15, 0.2) is 0 Å². The second-order valence-corrected chi connectivity index (χ2v) is 5.79. The second kappa shape index (κ2) is 6.57. The van der Waals surface area contributed by atoms with Crippen molar-refractivity contribution in [2.24, 2.45) is 5.92 Å². The smallest absolute Gasteiger partial charge is 0.224 e. The molecular formula is C17H21N3O. The van der Waals surface area contributed by atoms with Gasteiger partial charge in [0.25, 0.3) is 0 Å². The molecule has 4 nitrogen and oxygen atoms in total. The third kappa shape index (κ3) is 3.72. The fourth-order valence-corrected chi connectivity index (χ4v) is 3.04. The molecule has 0 unspecified atom stereocenters. The number of benzene rings is 1. The molecule has 1 saturated carbocycles. The van der Waals surface area contributed by atoms with Gasteiger partial charge in [-0.05, 0) is 30.5 Å². The number of nitrogens with zero attached hydrogens (tertiary/aromatic N) is 1. The molecule has 0 spiro atoms. The number of carbonyl (C=O) groups excluding carboxylic acids is 1. The van der Waals surface area contributed by atoms with E-state index in [2.05, 4.69) is 15.5 Å². The lowest BCUT2D eigenvalue weighted by molar-refractivity contribution is -0.116. The number of nitrogens with one attached hydrogen (secondary N) is 2. The standard InChI is InChI=1S/C17H21N3O/c21-17(9-8-13-4-1-2-5-13)19-15-7-3-6-14(12-15)16-10-11-18-20-16/h3,6-7,10-13H,1-2,4-5,8-9H2,(H,18,20)(H,19,21). The van der Waals surface area contributed by atoms with Crippen molar-refractivity contribution < 1.29 is 4.79 Å². The first-order valence-electron chi connectivity index (χ1n) is 7.71. The van der Waals surface area contributed by atoms with Crippen LogP contribution in [0.4, 0.5) is 5.69 Å². The molecule has 21 heavy (non-hydrogen) atoms. The highest BCUT2D eigenvalue weighted by atomic mass is 16.1. The number of aromatic nitrogens is 2. The summed E-state index contributed by atoms with van der Waals surface area (Å²) in [6.45, 7) is 0. The zero-order chi connectivity index (χ0) is 14.5. The van der Waals surface area contributed by atoms with E-state index in [1.807, 2.05) is 30.3 Å². The Hall–Kier alpha value is -2.10. The van der Waals surface area contributed by atoms with E-state index >= 15 is 0 Å². The van der Waals surface area contributed by atoms with Crippen LogP contribution in [0.25, 0.3) is 11.3 Å². The summed E-state index contributed by atoms with van der Waals surface area (Å²) in [6.07, 6.45) is 8.62. The van der Waals surface area contributed by atoms with Gasteiger partial charge >= 0.3 is 0 Å². The van der Waals surface area contributed by atoms with Gasteiger partial charge in [0, 0.05) is 23.9 Å². The van der Waals surface area contributed by atoms with Gasteiger partial charge < -0.3 is 5.32 Å². The number of aromatic amines is 1. The first-order chi connectivity index (χ1) is 10.3. The van der Waals surface area contributed by atoms with Gasteiger partial charge in [-0.2, -0.15) is 5.10 Å². The summed E-state index contributed by atoms with van der Waals surface area (Å²) in [5.74, 6) is 0.871. The predicted octanol–water partition coefficient (Wildman–Crippen LogP) is 3.99. The zero-order valence-corrected chi connectivity index (χ0v) is 12.1. The van der Waals surface area contributed by atoms with Gasteiger partial charge in [0.05, 0.1) is 5.69 Å². The number of H-pyrrole nitrogens is 1. The van der Waals surface area contributed by atoms with Crippen LogP contribution in [0.15, 0.2) is 36.5 Å². The SMILES string of the molecule is O=C(CCC1CCCC1)Nc1cccc(-c2ccn[nH]2)c1. The first-order valence-corrected chi connectivity index (χ1v) is 7.71. The molecule has 0 aliphatic heterocycles. The zero-order valence-electron chi connectivity index (χ0n) is 12.1. The summed E-state index contributed by atoms with van der Waals surface area (Å²) < 4.78 is 0. The van der Waals surface area contributed by atoms with Gasteiger partial charge in [-0.15, -0.1) is 0 Å². The molecule has 1 aromatic carbocycles. The third-order valence-corrected chi connectivity index (χ3v) is 4.21. The molecule has 0 saturated heterocycles. The van der Waals surface area contributed by atoms with Crippen LogP contribution >= 0.6 is 0 Å². The number of hydrogen-bond acceptors (Lipinski definition) is 2. The van der Waals surface area contributed by atoms with E-state index < -0.39 is 0 Å². The molecule has 2 aromatic rings. The minimum Gasteiger partial charge on any atom is -0.326 e. The predicted molar refractivity (Wildman–Crippen MR) is 83.8 cm³/mol. The number of anilines is 1. The van der Waals surface area contributed by atoms with Crippen molar-refractivity contribution in [2.45, 2.75) is 38.5 Å². The van der Waals surface area contributed by atoms with Crippen LogP contribution in [0.5, 0.6) is 0 Å². The van der Waals surface area contributed by atoms with Gasteiger partial charge in [-0.1, -0.05) is 37.8 Å². The van der Waals surface area contributed by atoms with Crippen molar-refractivity contribution in [3.8, 4) is 11.3 Å². The van der Waals surface area contributed by atoms with Gasteiger partial charge in [-0.25, -0.2) is 0 Å². The largest absolute Gasteiger partial charge is 0.326 e. The summed E-state index contributed by atoms with van der Waals surface area (Å²) in [5.41, 5.74) is 2.83. The highest BCUT2D eigenvalue weighted by molar-refractivity contribution is 5.91. The molecular weight excluding hydrogens is 262 g/mol. The summed E-state index contributed by atoms with van der Waals surface area (Å²) in [7, 11) is 0. The second-order valence-electron chi connectivity index (χ2n) is 5.79. The van der Waals surface area contributed by atoms with Gasteiger partial charge in [0.2, 0.25) is 5.91 Å². The Bertz CT molecular complexity index is 586. The van der Waals surface area contributed by atoms with Crippen LogP contribution in [-0.2, 0) is 4.79 Å². The van der Waals surface area contributed by atoms with Crippen LogP contribution in [0, 0.1) is 5.92 Å². The molecule has 3 rings (SSSR count). The van der Waals surface area contributed by atoms with E-state index in [4.69, 9.17) is 0 Å². The summed E-state index contributed by atoms with van der Waals surface area (Å²) in [5, 5.41) is 9.88. The number of amides is 1. The third-order valence-electron chi connectivity index (χ3n) is 4.21. The van der Waals surface area contributed by atoms with Crippen molar-refractivity contribution in [3.63, 3.8) is 0 Å².